The largest absolute Gasteiger partial charge is 0.370 e. The first-order valence-corrected chi connectivity index (χ1v) is 8.45. The molecule has 0 aliphatic heterocycles. The van der Waals surface area contributed by atoms with Gasteiger partial charge >= 0.3 is 0 Å². The van der Waals surface area contributed by atoms with Crippen LogP contribution >= 0.6 is 11.3 Å². The summed E-state index contributed by atoms with van der Waals surface area (Å²) in [5.74, 6) is -0.0465. The van der Waals surface area contributed by atoms with Gasteiger partial charge in [0.25, 0.3) is 5.91 Å². The quantitative estimate of drug-likeness (QED) is 0.878. The highest BCUT2D eigenvalue weighted by Crippen LogP contribution is 2.28. The molecule has 2 rings (SSSR count). The zero-order valence-electron chi connectivity index (χ0n) is 12.8. The van der Waals surface area contributed by atoms with E-state index in [-0.39, 0.29) is 24.3 Å². The fraction of sp³-hybridized carbons (Fsp3) is 0.625. The highest BCUT2D eigenvalue weighted by Gasteiger charge is 2.27. The van der Waals surface area contributed by atoms with Crippen LogP contribution in [0, 0.1) is 19.8 Å². The number of carbonyl (C=O) groups is 2. The van der Waals surface area contributed by atoms with Crippen molar-refractivity contribution in [3.05, 3.63) is 21.4 Å². The van der Waals surface area contributed by atoms with Crippen molar-refractivity contribution < 1.29 is 9.59 Å². The van der Waals surface area contributed by atoms with Gasteiger partial charge in [0.1, 0.15) is 0 Å². The third-order valence-corrected chi connectivity index (χ3v) is 5.50. The molecule has 1 saturated carbocycles. The third-order valence-electron chi connectivity index (χ3n) is 4.35. The lowest BCUT2D eigenvalue weighted by Gasteiger charge is -2.30. The van der Waals surface area contributed by atoms with Crippen LogP contribution in [0.2, 0.25) is 0 Å². The van der Waals surface area contributed by atoms with Crippen molar-refractivity contribution in [2.45, 2.75) is 58.4 Å². The molecule has 1 heterocycles. The van der Waals surface area contributed by atoms with E-state index in [1.54, 1.807) is 0 Å². The van der Waals surface area contributed by atoms with Gasteiger partial charge in [0.2, 0.25) is 5.91 Å². The van der Waals surface area contributed by atoms with Gasteiger partial charge in [0.15, 0.2) is 0 Å². The molecule has 1 aliphatic rings. The molecule has 1 atom stereocenters. The summed E-state index contributed by atoms with van der Waals surface area (Å²) in [4.78, 5) is 25.6. The van der Waals surface area contributed by atoms with Crippen molar-refractivity contribution in [1.82, 2.24) is 5.32 Å². The Morgan fingerprint density at radius 3 is 2.52 bits per heavy atom. The molecule has 0 bridgehead atoms. The second kappa shape index (κ2) is 7.07. The summed E-state index contributed by atoms with van der Waals surface area (Å²) in [6, 6.07) is 1.79. The summed E-state index contributed by atoms with van der Waals surface area (Å²) in [6.07, 6.45) is 5.97. The maximum atomic E-state index is 12.4. The van der Waals surface area contributed by atoms with Crippen LogP contribution in [0.1, 0.15) is 58.6 Å². The van der Waals surface area contributed by atoms with E-state index in [9.17, 15) is 9.59 Å². The Hall–Kier alpha value is -1.36. The number of aryl methyl sites for hydroxylation is 2. The zero-order chi connectivity index (χ0) is 15.4. The van der Waals surface area contributed by atoms with E-state index in [1.165, 1.54) is 30.6 Å². The van der Waals surface area contributed by atoms with Crippen LogP contribution in [-0.2, 0) is 4.79 Å². The number of thiophene rings is 1. The molecule has 5 heteroatoms. The summed E-state index contributed by atoms with van der Waals surface area (Å²) in [5.41, 5.74) is 6.49. The normalized spacial score (nSPS) is 17.4. The van der Waals surface area contributed by atoms with Gasteiger partial charge in [-0.2, -0.15) is 0 Å². The molecule has 0 spiro atoms. The topological polar surface area (TPSA) is 72.2 Å². The Bertz CT molecular complexity index is 499. The first kappa shape index (κ1) is 16.0. The van der Waals surface area contributed by atoms with Crippen LogP contribution in [0.4, 0.5) is 0 Å². The zero-order valence-corrected chi connectivity index (χ0v) is 13.6. The number of carbonyl (C=O) groups excluding carboxylic acids is 2. The molecule has 1 aromatic rings. The van der Waals surface area contributed by atoms with Crippen molar-refractivity contribution in [3.63, 3.8) is 0 Å². The fourth-order valence-corrected chi connectivity index (χ4v) is 3.95. The number of amides is 2. The van der Waals surface area contributed by atoms with Gasteiger partial charge < -0.3 is 11.1 Å². The summed E-state index contributed by atoms with van der Waals surface area (Å²) < 4.78 is 0. The van der Waals surface area contributed by atoms with Crippen molar-refractivity contribution in [2.24, 2.45) is 11.7 Å². The second-order valence-corrected chi connectivity index (χ2v) is 7.25. The SMILES string of the molecule is Cc1cc(C(=O)N[C@H](CC(N)=O)C2CCCCC2)sc1C. The van der Waals surface area contributed by atoms with E-state index >= 15 is 0 Å². The number of hydrogen-bond acceptors (Lipinski definition) is 3. The highest BCUT2D eigenvalue weighted by molar-refractivity contribution is 7.14. The van der Waals surface area contributed by atoms with Crippen LogP contribution in [0.5, 0.6) is 0 Å². The summed E-state index contributed by atoms with van der Waals surface area (Å²) in [6.45, 7) is 4.02. The van der Waals surface area contributed by atoms with E-state index in [1.807, 2.05) is 19.9 Å². The molecule has 0 radical (unpaired) electrons. The monoisotopic (exact) mass is 308 g/mol. The first-order valence-electron chi connectivity index (χ1n) is 7.63. The Labute approximate surface area is 130 Å². The Morgan fingerprint density at radius 1 is 1.33 bits per heavy atom. The van der Waals surface area contributed by atoms with Crippen LogP contribution in [0.15, 0.2) is 6.07 Å². The fourth-order valence-electron chi connectivity index (χ4n) is 3.01. The third kappa shape index (κ3) is 4.30. The average Bonchev–Trinajstić information content (AvgIpc) is 2.78. The van der Waals surface area contributed by atoms with E-state index in [4.69, 9.17) is 5.73 Å². The van der Waals surface area contributed by atoms with E-state index in [2.05, 4.69) is 5.32 Å². The summed E-state index contributed by atoms with van der Waals surface area (Å²) in [7, 11) is 0. The van der Waals surface area contributed by atoms with Gasteiger partial charge in [-0.3, -0.25) is 9.59 Å². The van der Waals surface area contributed by atoms with Crippen molar-refractivity contribution in [1.29, 1.82) is 0 Å². The van der Waals surface area contributed by atoms with Gasteiger partial charge in [-0.15, -0.1) is 11.3 Å². The van der Waals surface area contributed by atoms with Gasteiger partial charge in [-0.25, -0.2) is 0 Å². The molecule has 116 valence electrons. The lowest BCUT2D eigenvalue weighted by atomic mass is 9.82. The molecular weight excluding hydrogens is 284 g/mol. The molecule has 0 saturated heterocycles. The molecule has 0 unspecified atom stereocenters. The number of primary amides is 1. The molecular formula is C16H24N2O2S. The number of nitrogens with one attached hydrogen (secondary N) is 1. The lowest BCUT2D eigenvalue weighted by molar-refractivity contribution is -0.118. The molecule has 2 amide bonds. The molecule has 4 nitrogen and oxygen atoms in total. The van der Waals surface area contributed by atoms with Crippen molar-refractivity contribution in [2.75, 3.05) is 0 Å². The molecule has 1 aromatic heterocycles. The minimum atomic E-state index is -0.343. The number of rotatable bonds is 5. The minimum Gasteiger partial charge on any atom is -0.370 e. The average molecular weight is 308 g/mol. The molecule has 21 heavy (non-hydrogen) atoms. The first-order chi connectivity index (χ1) is 9.97. The second-order valence-electron chi connectivity index (χ2n) is 6.00. The number of hydrogen-bond donors (Lipinski definition) is 2. The van der Waals surface area contributed by atoms with Crippen LogP contribution in [0.25, 0.3) is 0 Å². The lowest BCUT2D eigenvalue weighted by Crippen LogP contribution is -2.43. The standard InChI is InChI=1S/C16H24N2O2S/c1-10-8-14(21-11(10)2)16(20)18-13(9-15(17)19)12-6-4-3-5-7-12/h8,12-13H,3-7,9H2,1-2H3,(H2,17,19)(H,18,20)/t13-/m1/s1. The smallest absolute Gasteiger partial charge is 0.261 e. The number of nitrogens with two attached hydrogens (primary N) is 1. The minimum absolute atomic E-state index is 0.0759. The summed E-state index contributed by atoms with van der Waals surface area (Å²) >= 11 is 1.50. The van der Waals surface area contributed by atoms with Gasteiger partial charge in [-0.05, 0) is 44.2 Å². The van der Waals surface area contributed by atoms with Crippen molar-refractivity contribution in [3.8, 4) is 0 Å². The predicted molar refractivity (Wildman–Crippen MR) is 85.4 cm³/mol. The van der Waals surface area contributed by atoms with Gasteiger partial charge in [0.05, 0.1) is 4.88 Å². The molecule has 0 aromatic carbocycles. The molecule has 1 aliphatic carbocycles. The molecule has 3 N–H and O–H groups in total. The van der Waals surface area contributed by atoms with Crippen LogP contribution in [-0.4, -0.2) is 17.9 Å². The maximum absolute atomic E-state index is 12.4. The summed E-state index contributed by atoms with van der Waals surface area (Å²) in [5, 5.41) is 3.05. The maximum Gasteiger partial charge on any atom is 0.261 e. The molecule has 1 fully saturated rings. The Morgan fingerprint density at radius 2 is 2.00 bits per heavy atom. The van der Waals surface area contributed by atoms with E-state index in [0.717, 1.165) is 28.2 Å². The Kier molecular flexibility index (Phi) is 5.39. The van der Waals surface area contributed by atoms with Crippen molar-refractivity contribution >= 4 is 23.2 Å². The predicted octanol–water partition coefficient (Wildman–Crippen LogP) is 2.92. The highest BCUT2D eigenvalue weighted by atomic mass is 32.1. The van der Waals surface area contributed by atoms with Gasteiger partial charge in [-0.1, -0.05) is 19.3 Å². The van der Waals surface area contributed by atoms with Crippen LogP contribution < -0.4 is 11.1 Å². The van der Waals surface area contributed by atoms with E-state index in [0.29, 0.717) is 5.92 Å². The van der Waals surface area contributed by atoms with Gasteiger partial charge in [0, 0.05) is 17.3 Å². The van der Waals surface area contributed by atoms with E-state index < -0.39 is 0 Å². The Balaban J connectivity index is 2.06. The van der Waals surface area contributed by atoms with Crippen LogP contribution in [0.3, 0.4) is 0 Å².